The molecule has 1 N–H and O–H groups in total. The van der Waals surface area contributed by atoms with E-state index in [2.05, 4.69) is 15.3 Å². The summed E-state index contributed by atoms with van der Waals surface area (Å²) in [4.78, 5) is 8.14. The number of rotatable bonds is 6. The molecule has 88 valence electrons. The molecular weight excluding hydrogens is 202 g/mol. The highest BCUT2D eigenvalue weighted by Gasteiger charge is 2.37. The maximum Gasteiger partial charge on any atom is 0.115 e. The molecule has 4 nitrogen and oxygen atoms in total. The Morgan fingerprint density at radius 3 is 2.62 bits per heavy atom. The van der Waals surface area contributed by atoms with Crippen LogP contribution in [0.3, 0.4) is 0 Å². The van der Waals surface area contributed by atoms with Crippen LogP contribution in [0.2, 0.25) is 0 Å². The highest BCUT2D eigenvalue weighted by molar-refractivity contribution is 5.13. The summed E-state index contributed by atoms with van der Waals surface area (Å²) in [5.41, 5.74) is 1.11. The third-order valence-electron chi connectivity index (χ3n) is 3.02. The Morgan fingerprint density at radius 2 is 2.12 bits per heavy atom. The molecule has 2 unspecified atom stereocenters. The van der Waals surface area contributed by atoms with E-state index < -0.39 is 0 Å². The van der Waals surface area contributed by atoms with Crippen LogP contribution in [0.25, 0.3) is 0 Å². The number of hydrogen-bond donors (Lipinski definition) is 1. The van der Waals surface area contributed by atoms with E-state index in [1.54, 1.807) is 6.33 Å². The van der Waals surface area contributed by atoms with E-state index in [4.69, 9.17) is 4.74 Å². The van der Waals surface area contributed by atoms with Crippen LogP contribution in [0.4, 0.5) is 0 Å². The molecule has 0 bridgehead atoms. The van der Waals surface area contributed by atoms with Crippen LogP contribution in [0, 0.1) is 5.92 Å². The van der Waals surface area contributed by atoms with Gasteiger partial charge >= 0.3 is 0 Å². The normalized spacial score (nSPS) is 19.4. The van der Waals surface area contributed by atoms with Crippen molar-refractivity contribution in [2.75, 3.05) is 13.7 Å². The van der Waals surface area contributed by atoms with Gasteiger partial charge in [-0.25, -0.2) is 9.97 Å². The van der Waals surface area contributed by atoms with Crippen LogP contribution in [-0.2, 0) is 4.74 Å². The van der Waals surface area contributed by atoms with Crippen molar-refractivity contribution in [2.45, 2.75) is 31.9 Å². The van der Waals surface area contributed by atoms with Crippen LogP contribution in [0.1, 0.15) is 31.4 Å². The standard InChI is InChI=1S/C12H19N3O/c1-3-16-12(9-4-5-9)11(13-2)10-6-14-8-15-7-10/h6-9,11-13H,3-5H2,1-2H3. The molecule has 0 aliphatic heterocycles. The van der Waals surface area contributed by atoms with Gasteiger partial charge < -0.3 is 10.1 Å². The Bertz CT molecular complexity index is 313. The maximum atomic E-state index is 5.86. The molecule has 0 spiro atoms. The molecule has 0 saturated heterocycles. The number of hydrogen-bond acceptors (Lipinski definition) is 4. The number of nitrogens with one attached hydrogen (secondary N) is 1. The van der Waals surface area contributed by atoms with E-state index in [1.165, 1.54) is 12.8 Å². The molecule has 1 aliphatic rings. The van der Waals surface area contributed by atoms with Gasteiger partial charge in [0.1, 0.15) is 6.33 Å². The zero-order valence-electron chi connectivity index (χ0n) is 9.89. The van der Waals surface area contributed by atoms with Gasteiger partial charge in [0.25, 0.3) is 0 Å². The second-order valence-corrected chi connectivity index (χ2v) is 4.20. The van der Waals surface area contributed by atoms with E-state index in [9.17, 15) is 0 Å². The van der Waals surface area contributed by atoms with E-state index in [0.29, 0.717) is 5.92 Å². The van der Waals surface area contributed by atoms with Gasteiger partial charge in [-0.15, -0.1) is 0 Å². The molecule has 1 saturated carbocycles. The van der Waals surface area contributed by atoms with Crippen molar-refractivity contribution in [3.8, 4) is 0 Å². The third kappa shape index (κ3) is 2.57. The lowest BCUT2D eigenvalue weighted by Crippen LogP contribution is -2.33. The fraction of sp³-hybridized carbons (Fsp3) is 0.667. The Morgan fingerprint density at radius 1 is 1.44 bits per heavy atom. The lowest BCUT2D eigenvalue weighted by atomic mass is 10.0. The molecule has 0 radical (unpaired) electrons. The molecule has 1 aromatic heterocycles. The summed E-state index contributed by atoms with van der Waals surface area (Å²) in [5.74, 6) is 0.692. The Labute approximate surface area is 96.4 Å². The fourth-order valence-corrected chi connectivity index (χ4v) is 2.11. The summed E-state index contributed by atoms with van der Waals surface area (Å²) in [6.45, 7) is 2.80. The molecule has 4 heteroatoms. The highest BCUT2D eigenvalue weighted by Crippen LogP contribution is 2.39. The minimum Gasteiger partial charge on any atom is -0.376 e. The van der Waals surface area contributed by atoms with Crippen molar-refractivity contribution in [3.05, 3.63) is 24.3 Å². The van der Waals surface area contributed by atoms with Crippen molar-refractivity contribution in [3.63, 3.8) is 0 Å². The number of ether oxygens (including phenoxy) is 1. The van der Waals surface area contributed by atoms with Crippen LogP contribution in [-0.4, -0.2) is 29.7 Å². The van der Waals surface area contributed by atoms with Gasteiger partial charge in [-0.3, -0.25) is 0 Å². The molecule has 0 aromatic carbocycles. The molecule has 16 heavy (non-hydrogen) atoms. The summed E-state index contributed by atoms with van der Waals surface area (Å²) >= 11 is 0. The Balaban J connectivity index is 2.13. The minimum absolute atomic E-state index is 0.202. The molecule has 2 rings (SSSR count). The Kier molecular flexibility index (Phi) is 3.85. The van der Waals surface area contributed by atoms with Crippen LogP contribution in [0.5, 0.6) is 0 Å². The average molecular weight is 221 g/mol. The highest BCUT2D eigenvalue weighted by atomic mass is 16.5. The second-order valence-electron chi connectivity index (χ2n) is 4.20. The Hall–Kier alpha value is -1.00. The van der Waals surface area contributed by atoms with E-state index in [-0.39, 0.29) is 12.1 Å². The average Bonchev–Trinajstić information content (AvgIpc) is 3.14. The van der Waals surface area contributed by atoms with Gasteiger partial charge in [-0.1, -0.05) is 0 Å². The summed E-state index contributed by atoms with van der Waals surface area (Å²) in [6, 6.07) is 0.202. The first kappa shape index (κ1) is 11.5. The molecule has 1 aliphatic carbocycles. The van der Waals surface area contributed by atoms with Crippen molar-refractivity contribution >= 4 is 0 Å². The molecular formula is C12H19N3O. The van der Waals surface area contributed by atoms with Crippen molar-refractivity contribution in [1.82, 2.24) is 15.3 Å². The molecule has 1 aromatic rings. The largest absolute Gasteiger partial charge is 0.376 e. The van der Waals surface area contributed by atoms with Gasteiger partial charge in [-0.05, 0) is 32.7 Å². The zero-order chi connectivity index (χ0) is 11.4. The van der Waals surface area contributed by atoms with Crippen molar-refractivity contribution in [2.24, 2.45) is 5.92 Å². The van der Waals surface area contributed by atoms with Gasteiger partial charge in [0.05, 0.1) is 12.1 Å². The first-order valence-corrected chi connectivity index (χ1v) is 5.90. The first-order chi connectivity index (χ1) is 7.86. The third-order valence-corrected chi connectivity index (χ3v) is 3.02. The molecule has 2 atom stereocenters. The van der Waals surface area contributed by atoms with Gasteiger partial charge in [0, 0.05) is 24.6 Å². The predicted octanol–water partition coefficient (Wildman–Crippen LogP) is 1.55. The fourth-order valence-electron chi connectivity index (χ4n) is 2.11. The number of aromatic nitrogens is 2. The topological polar surface area (TPSA) is 47.0 Å². The smallest absolute Gasteiger partial charge is 0.115 e. The molecule has 0 amide bonds. The van der Waals surface area contributed by atoms with Crippen molar-refractivity contribution in [1.29, 1.82) is 0 Å². The molecule has 1 heterocycles. The van der Waals surface area contributed by atoms with E-state index in [1.807, 2.05) is 26.4 Å². The quantitative estimate of drug-likeness (QED) is 0.791. The van der Waals surface area contributed by atoms with Gasteiger partial charge in [0.15, 0.2) is 0 Å². The summed E-state index contributed by atoms with van der Waals surface area (Å²) in [7, 11) is 1.96. The number of nitrogens with zero attached hydrogens (tertiary/aromatic N) is 2. The van der Waals surface area contributed by atoms with Gasteiger partial charge in [0.2, 0.25) is 0 Å². The van der Waals surface area contributed by atoms with E-state index >= 15 is 0 Å². The monoisotopic (exact) mass is 221 g/mol. The number of likely N-dealkylation sites (N-methyl/N-ethyl adjacent to an activating group) is 1. The molecule has 1 fully saturated rings. The summed E-state index contributed by atoms with van der Waals surface area (Å²) < 4.78 is 5.86. The zero-order valence-corrected chi connectivity index (χ0v) is 9.89. The van der Waals surface area contributed by atoms with Crippen LogP contribution in [0.15, 0.2) is 18.7 Å². The van der Waals surface area contributed by atoms with Gasteiger partial charge in [-0.2, -0.15) is 0 Å². The minimum atomic E-state index is 0.202. The lowest BCUT2D eigenvalue weighted by molar-refractivity contribution is 0.0203. The van der Waals surface area contributed by atoms with Crippen LogP contribution >= 0.6 is 0 Å². The first-order valence-electron chi connectivity index (χ1n) is 5.90. The maximum absolute atomic E-state index is 5.86. The van der Waals surface area contributed by atoms with Crippen molar-refractivity contribution < 1.29 is 4.74 Å². The summed E-state index contributed by atoms with van der Waals surface area (Å²) in [6.07, 6.45) is 8.09. The second kappa shape index (κ2) is 5.37. The summed E-state index contributed by atoms with van der Waals surface area (Å²) in [5, 5.41) is 3.32. The van der Waals surface area contributed by atoms with Crippen LogP contribution < -0.4 is 5.32 Å². The predicted molar refractivity (Wildman–Crippen MR) is 62.0 cm³/mol. The SMILES string of the molecule is CCOC(C1CC1)C(NC)c1cncnc1. The lowest BCUT2D eigenvalue weighted by Gasteiger charge is -2.26. The van der Waals surface area contributed by atoms with E-state index in [0.717, 1.165) is 12.2 Å².